The number of hydrogen-bond donors (Lipinski definition) is 2. The van der Waals surface area contributed by atoms with Gasteiger partial charge in [-0.05, 0) is 48.4 Å². The zero-order chi connectivity index (χ0) is 22.8. The minimum absolute atomic E-state index is 0.179. The van der Waals surface area contributed by atoms with Gasteiger partial charge in [-0.25, -0.2) is 4.68 Å². The number of ether oxygens (including phenoxy) is 1. The molecule has 6 nitrogen and oxygen atoms in total. The van der Waals surface area contributed by atoms with Crippen LogP contribution < -0.4 is 15.4 Å². The van der Waals surface area contributed by atoms with E-state index in [4.69, 9.17) is 4.74 Å². The Bertz CT molecular complexity index is 1310. The maximum Gasteiger partial charge on any atom is 0.261 e. The molecule has 2 heterocycles. The molecule has 2 N–H and O–H groups in total. The molecule has 1 amide bonds. The van der Waals surface area contributed by atoms with Crippen molar-refractivity contribution in [3.05, 3.63) is 113 Å². The predicted octanol–water partition coefficient (Wildman–Crippen LogP) is 5.51. The Hall–Kier alpha value is -4.32. The van der Waals surface area contributed by atoms with Gasteiger partial charge in [-0.1, -0.05) is 60.2 Å². The molecule has 1 aliphatic rings. The Kier molecular flexibility index (Phi) is 5.40. The molecule has 0 bridgehead atoms. The van der Waals surface area contributed by atoms with Crippen LogP contribution >= 0.6 is 0 Å². The zero-order valence-electron chi connectivity index (χ0n) is 18.4. The van der Waals surface area contributed by atoms with Gasteiger partial charge in [-0.3, -0.25) is 4.79 Å². The van der Waals surface area contributed by atoms with Gasteiger partial charge in [0.1, 0.15) is 17.1 Å². The summed E-state index contributed by atoms with van der Waals surface area (Å²) in [6.45, 7) is 2.06. The topological polar surface area (TPSA) is 68.2 Å². The Balaban J connectivity index is 1.56. The highest BCUT2D eigenvalue weighted by molar-refractivity contribution is 6.08. The first kappa shape index (κ1) is 20.6. The number of fused-ring (bicyclic) bond motifs is 1. The van der Waals surface area contributed by atoms with Crippen molar-refractivity contribution in [3.8, 4) is 5.75 Å². The number of benzene rings is 3. The molecule has 6 heteroatoms. The molecule has 33 heavy (non-hydrogen) atoms. The van der Waals surface area contributed by atoms with Crippen LogP contribution in [0, 0.1) is 6.92 Å². The van der Waals surface area contributed by atoms with Gasteiger partial charge >= 0.3 is 0 Å². The van der Waals surface area contributed by atoms with Crippen molar-refractivity contribution >= 4 is 23.1 Å². The predicted molar refractivity (Wildman–Crippen MR) is 131 cm³/mol. The third-order valence-electron chi connectivity index (χ3n) is 5.73. The van der Waals surface area contributed by atoms with E-state index in [0.717, 1.165) is 28.3 Å². The van der Waals surface area contributed by atoms with Gasteiger partial charge in [0.05, 0.1) is 19.3 Å². The molecule has 0 aliphatic carbocycles. The Labute approximate surface area is 192 Å². The van der Waals surface area contributed by atoms with Crippen LogP contribution in [-0.4, -0.2) is 22.8 Å². The summed E-state index contributed by atoms with van der Waals surface area (Å²) in [4.78, 5) is 13.1. The monoisotopic (exact) mass is 436 g/mol. The lowest BCUT2D eigenvalue weighted by Crippen LogP contribution is -2.22. The molecule has 0 saturated carbocycles. The SMILES string of the molecule is COc1ccc([C@H]2C=C(c3ccc(C)cc3)Nc3c(C(=O)Nc4ccccc4)cnn32)cc1. The van der Waals surface area contributed by atoms with E-state index < -0.39 is 0 Å². The van der Waals surface area contributed by atoms with Crippen LogP contribution in [0.1, 0.15) is 33.1 Å². The smallest absolute Gasteiger partial charge is 0.261 e. The van der Waals surface area contributed by atoms with Crippen LogP contribution in [0.2, 0.25) is 0 Å². The molecule has 1 aliphatic heterocycles. The van der Waals surface area contributed by atoms with Crippen LogP contribution in [0.5, 0.6) is 5.75 Å². The Morgan fingerprint density at radius 2 is 1.73 bits per heavy atom. The Morgan fingerprint density at radius 1 is 1.00 bits per heavy atom. The van der Waals surface area contributed by atoms with E-state index in [0.29, 0.717) is 11.4 Å². The van der Waals surface area contributed by atoms with Gasteiger partial charge in [0.2, 0.25) is 0 Å². The number of carbonyl (C=O) groups is 1. The second kappa shape index (κ2) is 8.67. The van der Waals surface area contributed by atoms with Crippen LogP contribution in [0.25, 0.3) is 5.70 Å². The van der Waals surface area contributed by atoms with E-state index >= 15 is 0 Å². The molecular weight excluding hydrogens is 412 g/mol. The van der Waals surface area contributed by atoms with E-state index in [9.17, 15) is 4.79 Å². The molecule has 1 atom stereocenters. The van der Waals surface area contributed by atoms with Gasteiger partial charge < -0.3 is 15.4 Å². The van der Waals surface area contributed by atoms with Crippen molar-refractivity contribution in [3.63, 3.8) is 0 Å². The molecule has 5 rings (SSSR count). The number of para-hydroxylation sites is 1. The average Bonchev–Trinajstić information content (AvgIpc) is 3.29. The van der Waals surface area contributed by atoms with Crippen molar-refractivity contribution in [2.45, 2.75) is 13.0 Å². The fourth-order valence-electron chi connectivity index (χ4n) is 3.92. The van der Waals surface area contributed by atoms with Gasteiger partial charge in [0, 0.05) is 11.4 Å². The third-order valence-corrected chi connectivity index (χ3v) is 5.73. The number of nitrogens with zero attached hydrogens (tertiary/aromatic N) is 2. The maximum absolute atomic E-state index is 13.1. The molecule has 0 unspecified atom stereocenters. The van der Waals surface area contributed by atoms with Gasteiger partial charge in [0.25, 0.3) is 5.91 Å². The minimum atomic E-state index is -0.214. The summed E-state index contributed by atoms with van der Waals surface area (Å²) in [5.74, 6) is 1.23. The molecule has 4 aromatic rings. The standard InChI is InChI=1S/C27H24N4O2/c1-18-8-10-19(11-9-18)24-16-25(20-12-14-22(33-2)15-13-20)31-26(30-24)23(17-28-31)27(32)29-21-6-4-3-5-7-21/h3-17,25,30H,1-2H3,(H,29,32)/t25-/m1/s1. The summed E-state index contributed by atoms with van der Waals surface area (Å²) in [5, 5.41) is 11.0. The lowest BCUT2D eigenvalue weighted by atomic mass is 10.0. The van der Waals surface area contributed by atoms with E-state index in [1.165, 1.54) is 5.56 Å². The quantitative estimate of drug-likeness (QED) is 0.433. The number of allylic oxidation sites excluding steroid dienone is 1. The first-order valence-corrected chi connectivity index (χ1v) is 10.8. The molecule has 1 aromatic heterocycles. The van der Waals surface area contributed by atoms with Crippen molar-refractivity contribution < 1.29 is 9.53 Å². The number of anilines is 2. The summed E-state index contributed by atoms with van der Waals surface area (Å²) in [6, 6.07) is 25.5. The van der Waals surface area contributed by atoms with Crippen LogP contribution in [-0.2, 0) is 0 Å². The molecule has 164 valence electrons. The summed E-state index contributed by atoms with van der Waals surface area (Å²) in [5.41, 5.74) is 5.42. The highest BCUT2D eigenvalue weighted by Gasteiger charge is 2.28. The third kappa shape index (κ3) is 4.11. The van der Waals surface area contributed by atoms with E-state index in [1.807, 2.05) is 59.3 Å². The number of nitrogens with one attached hydrogen (secondary N) is 2. The lowest BCUT2D eigenvalue weighted by molar-refractivity contribution is 0.102. The molecule has 0 spiro atoms. The number of rotatable bonds is 5. The lowest BCUT2D eigenvalue weighted by Gasteiger charge is -2.26. The maximum atomic E-state index is 13.1. The normalized spacial score (nSPS) is 14.6. The highest BCUT2D eigenvalue weighted by Crippen LogP contribution is 2.36. The van der Waals surface area contributed by atoms with Crippen LogP contribution in [0.15, 0.2) is 91.1 Å². The van der Waals surface area contributed by atoms with Crippen molar-refractivity contribution in [2.24, 2.45) is 0 Å². The van der Waals surface area contributed by atoms with Crippen molar-refractivity contribution in [1.82, 2.24) is 9.78 Å². The summed E-state index contributed by atoms with van der Waals surface area (Å²) < 4.78 is 7.16. The first-order valence-electron chi connectivity index (χ1n) is 10.8. The fraction of sp³-hybridized carbons (Fsp3) is 0.111. The second-order valence-corrected chi connectivity index (χ2v) is 7.96. The number of methoxy groups -OCH3 is 1. The molecule has 0 saturated heterocycles. The number of aryl methyl sites for hydroxylation is 1. The average molecular weight is 437 g/mol. The minimum Gasteiger partial charge on any atom is -0.497 e. The summed E-state index contributed by atoms with van der Waals surface area (Å²) in [7, 11) is 1.65. The molecule has 3 aromatic carbocycles. The van der Waals surface area contributed by atoms with Gasteiger partial charge in [-0.2, -0.15) is 5.10 Å². The van der Waals surface area contributed by atoms with E-state index in [1.54, 1.807) is 13.3 Å². The van der Waals surface area contributed by atoms with Crippen molar-refractivity contribution in [1.29, 1.82) is 0 Å². The molecule has 0 radical (unpaired) electrons. The first-order chi connectivity index (χ1) is 16.1. The number of aromatic nitrogens is 2. The van der Waals surface area contributed by atoms with Gasteiger partial charge in [0.15, 0.2) is 0 Å². The summed E-state index contributed by atoms with van der Waals surface area (Å²) in [6.07, 6.45) is 3.74. The summed E-state index contributed by atoms with van der Waals surface area (Å²) >= 11 is 0. The Morgan fingerprint density at radius 3 is 2.42 bits per heavy atom. The number of amides is 1. The fourth-order valence-corrected chi connectivity index (χ4v) is 3.92. The van der Waals surface area contributed by atoms with E-state index in [-0.39, 0.29) is 11.9 Å². The largest absolute Gasteiger partial charge is 0.497 e. The number of hydrogen-bond acceptors (Lipinski definition) is 4. The van der Waals surface area contributed by atoms with Crippen LogP contribution in [0.4, 0.5) is 11.5 Å². The molecular formula is C27H24N4O2. The zero-order valence-corrected chi connectivity index (χ0v) is 18.4. The second-order valence-electron chi connectivity index (χ2n) is 7.96. The van der Waals surface area contributed by atoms with Crippen LogP contribution in [0.3, 0.4) is 0 Å². The highest BCUT2D eigenvalue weighted by atomic mass is 16.5. The number of carbonyl (C=O) groups excluding carboxylic acids is 1. The van der Waals surface area contributed by atoms with Crippen molar-refractivity contribution in [2.75, 3.05) is 17.7 Å². The van der Waals surface area contributed by atoms with E-state index in [2.05, 4.69) is 53.0 Å². The molecule has 0 fully saturated rings. The van der Waals surface area contributed by atoms with Gasteiger partial charge in [-0.15, -0.1) is 0 Å².